The molecule has 9 atom stereocenters. The number of nitrogens with zero attached hydrogens (tertiary/aromatic N) is 1. The summed E-state index contributed by atoms with van der Waals surface area (Å²) in [5.74, 6) is -3.03. The predicted molar refractivity (Wildman–Crippen MR) is 115 cm³/mol. The summed E-state index contributed by atoms with van der Waals surface area (Å²) in [7, 11) is 3.27. The molecule has 0 radical (unpaired) electrons. The topological polar surface area (TPSA) is 76.1 Å². The summed E-state index contributed by atoms with van der Waals surface area (Å²) in [5.41, 5.74) is -5.95. The third-order valence-electron chi connectivity index (χ3n) is 9.35. The number of amides is 1. The first-order chi connectivity index (χ1) is 15.1. The van der Waals surface area contributed by atoms with Crippen LogP contribution in [0.15, 0.2) is 23.8 Å². The van der Waals surface area contributed by atoms with Gasteiger partial charge in [0.25, 0.3) is 5.91 Å². The van der Waals surface area contributed by atoms with Crippen LogP contribution in [0.25, 0.3) is 0 Å². The van der Waals surface area contributed by atoms with Crippen LogP contribution in [0.1, 0.15) is 47.0 Å². The number of fused-ring (bicyclic) bond motifs is 7. The van der Waals surface area contributed by atoms with Gasteiger partial charge < -0.3 is 19.5 Å². The van der Waals surface area contributed by atoms with Crippen LogP contribution in [0.4, 0.5) is 8.78 Å². The Morgan fingerprint density at radius 2 is 1.85 bits per heavy atom. The molecule has 1 N–H and O–H groups in total. The minimum atomic E-state index is -2.20. The molecule has 3 saturated carbocycles. The Hall–Kier alpha value is -1.64. The Morgan fingerprint density at radius 1 is 1.18 bits per heavy atom. The molecule has 0 bridgehead atoms. The number of halogens is 2. The van der Waals surface area contributed by atoms with Crippen molar-refractivity contribution in [1.82, 2.24) is 4.90 Å². The lowest BCUT2D eigenvalue weighted by Gasteiger charge is -2.63. The van der Waals surface area contributed by atoms with E-state index in [0.29, 0.717) is 6.42 Å². The molecular weight excluding hydrogens is 432 g/mol. The van der Waals surface area contributed by atoms with Crippen molar-refractivity contribution >= 4 is 11.7 Å². The Bertz CT molecular complexity index is 993. The van der Waals surface area contributed by atoms with Gasteiger partial charge in [-0.25, -0.2) is 8.78 Å². The molecule has 4 fully saturated rings. The lowest BCUT2D eigenvalue weighted by atomic mass is 9.44. The number of allylic oxidation sites excluding steroid dienone is 4. The molecule has 1 amide bonds. The second kappa shape index (κ2) is 6.52. The lowest BCUT2D eigenvalue weighted by molar-refractivity contribution is -0.251. The van der Waals surface area contributed by atoms with E-state index in [1.165, 1.54) is 23.1 Å². The average molecular weight is 466 g/mol. The van der Waals surface area contributed by atoms with Gasteiger partial charge in [-0.1, -0.05) is 13.0 Å². The zero-order chi connectivity index (χ0) is 24.4. The van der Waals surface area contributed by atoms with Crippen molar-refractivity contribution in [2.24, 2.45) is 22.7 Å². The molecule has 33 heavy (non-hydrogen) atoms. The molecule has 1 saturated heterocycles. The molecule has 0 aromatic carbocycles. The maximum absolute atomic E-state index is 17.3. The van der Waals surface area contributed by atoms with E-state index in [-0.39, 0.29) is 30.1 Å². The van der Waals surface area contributed by atoms with Crippen LogP contribution in [0.5, 0.6) is 0 Å². The highest BCUT2D eigenvalue weighted by atomic mass is 19.1. The van der Waals surface area contributed by atoms with Gasteiger partial charge in [-0.3, -0.25) is 9.59 Å². The molecule has 0 unspecified atom stereocenters. The minimum Gasteiger partial charge on any atom is -0.390 e. The maximum Gasteiger partial charge on any atom is 0.257 e. The van der Waals surface area contributed by atoms with Gasteiger partial charge in [-0.05, 0) is 63.7 Å². The van der Waals surface area contributed by atoms with Crippen molar-refractivity contribution in [3.8, 4) is 0 Å². The van der Waals surface area contributed by atoms with E-state index < -0.39 is 58.1 Å². The van der Waals surface area contributed by atoms with Crippen LogP contribution < -0.4 is 0 Å². The van der Waals surface area contributed by atoms with Gasteiger partial charge in [-0.15, -0.1) is 0 Å². The molecule has 8 heteroatoms. The summed E-state index contributed by atoms with van der Waals surface area (Å²) in [5, 5.41) is 11.5. The second-order valence-corrected chi connectivity index (χ2v) is 11.6. The molecule has 4 aliphatic carbocycles. The molecule has 0 aromatic rings. The molecule has 5 aliphatic rings. The number of alkyl halides is 2. The Kier molecular flexibility index (Phi) is 4.57. The summed E-state index contributed by atoms with van der Waals surface area (Å²) in [6.07, 6.45) is 0.327. The average Bonchev–Trinajstić information content (AvgIpc) is 3.11. The zero-order valence-corrected chi connectivity index (χ0v) is 20.0. The number of ether oxygens (including phenoxy) is 2. The van der Waals surface area contributed by atoms with Gasteiger partial charge in [0.05, 0.1) is 12.2 Å². The molecular formula is C25H33F2NO5. The third kappa shape index (κ3) is 2.52. The van der Waals surface area contributed by atoms with Gasteiger partial charge >= 0.3 is 0 Å². The number of rotatable bonds is 1. The second-order valence-electron chi connectivity index (χ2n) is 11.6. The van der Waals surface area contributed by atoms with Crippen molar-refractivity contribution < 1.29 is 33.0 Å². The maximum atomic E-state index is 17.3. The molecule has 1 heterocycles. The monoisotopic (exact) mass is 465 g/mol. The van der Waals surface area contributed by atoms with E-state index in [2.05, 4.69) is 0 Å². The number of carbonyl (C=O) groups excluding carboxylic acids is 2. The number of aliphatic hydroxyl groups is 1. The summed E-state index contributed by atoms with van der Waals surface area (Å²) in [4.78, 5) is 27.1. The van der Waals surface area contributed by atoms with Crippen LogP contribution in [0, 0.1) is 22.7 Å². The van der Waals surface area contributed by atoms with Crippen LogP contribution in [-0.2, 0) is 19.1 Å². The standard InChI is InChI=1S/C25H33F2NO5/c1-21(2)32-19-11-14-15-10-17(26)16-9-13(29)7-8-22(16,3)24(15,27)18(30)12-23(14,4)25(19,33-21)20(31)28(5)6/h7-9,14-15,17-19,30H,10-12H2,1-6H3/t14-,15-,17-,18-,19+,22-,23-,24-,25-/m0/s1. The van der Waals surface area contributed by atoms with E-state index >= 15 is 8.78 Å². The lowest BCUT2D eigenvalue weighted by Crippen LogP contribution is -2.71. The van der Waals surface area contributed by atoms with Crippen molar-refractivity contribution in [2.75, 3.05) is 14.1 Å². The molecule has 182 valence electrons. The SMILES string of the molecule is CN(C)C(=O)[C@@]12OC(C)(C)O[C@@H]1C[C@H]1[C@@H]3C[C@H](F)C4=CC(=O)C=C[C@]4(C)[C@@]3(F)[C@@H](O)C[C@@]12C. The van der Waals surface area contributed by atoms with Gasteiger partial charge in [0.2, 0.25) is 0 Å². The van der Waals surface area contributed by atoms with Crippen LogP contribution in [0.2, 0.25) is 0 Å². The van der Waals surface area contributed by atoms with Gasteiger partial charge in [-0.2, -0.15) is 0 Å². The summed E-state index contributed by atoms with van der Waals surface area (Å²) in [6, 6.07) is 0. The number of hydrogen-bond acceptors (Lipinski definition) is 5. The smallest absolute Gasteiger partial charge is 0.257 e. The van der Waals surface area contributed by atoms with E-state index in [4.69, 9.17) is 9.47 Å². The van der Waals surface area contributed by atoms with Gasteiger partial charge in [0.15, 0.2) is 22.8 Å². The summed E-state index contributed by atoms with van der Waals surface area (Å²) >= 11 is 0. The fraction of sp³-hybridized carbons (Fsp3) is 0.760. The number of likely N-dealkylation sites (N-methyl/N-ethyl adjacent to an activating group) is 1. The first kappa shape index (κ1) is 23.1. The first-order valence-electron chi connectivity index (χ1n) is 11.7. The van der Waals surface area contributed by atoms with Crippen molar-refractivity contribution in [1.29, 1.82) is 0 Å². The number of ketones is 1. The number of carbonyl (C=O) groups is 2. The zero-order valence-electron chi connectivity index (χ0n) is 20.0. The summed E-state index contributed by atoms with van der Waals surface area (Å²) in [6.45, 7) is 6.91. The molecule has 5 rings (SSSR count). The van der Waals surface area contributed by atoms with E-state index in [1.54, 1.807) is 34.9 Å². The summed E-state index contributed by atoms with van der Waals surface area (Å²) < 4.78 is 45.4. The fourth-order valence-corrected chi connectivity index (χ4v) is 8.00. The van der Waals surface area contributed by atoms with Crippen LogP contribution in [0.3, 0.4) is 0 Å². The van der Waals surface area contributed by atoms with Gasteiger partial charge in [0, 0.05) is 30.8 Å². The quantitative estimate of drug-likeness (QED) is 0.645. The highest BCUT2D eigenvalue weighted by molar-refractivity contribution is 6.01. The first-order valence-corrected chi connectivity index (χ1v) is 11.7. The highest BCUT2D eigenvalue weighted by Gasteiger charge is 2.81. The van der Waals surface area contributed by atoms with E-state index in [0.717, 1.165) is 0 Å². The fourth-order valence-electron chi connectivity index (χ4n) is 8.00. The van der Waals surface area contributed by atoms with Gasteiger partial charge in [0.1, 0.15) is 6.17 Å². The van der Waals surface area contributed by atoms with Crippen molar-refractivity contribution in [3.05, 3.63) is 23.8 Å². The van der Waals surface area contributed by atoms with Crippen molar-refractivity contribution in [3.63, 3.8) is 0 Å². The molecule has 6 nitrogen and oxygen atoms in total. The third-order valence-corrected chi connectivity index (χ3v) is 9.35. The Morgan fingerprint density at radius 3 is 2.48 bits per heavy atom. The molecule has 1 aliphatic heterocycles. The largest absolute Gasteiger partial charge is 0.390 e. The molecule has 0 spiro atoms. The number of hydrogen-bond donors (Lipinski definition) is 1. The predicted octanol–water partition coefficient (Wildman–Crippen LogP) is 2.89. The molecule has 0 aromatic heterocycles. The van der Waals surface area contributed by atoms with Crippen LogP contribution >= 0.6 is 0 Å². The number of aliphatic hydroxyl groups excluding tert-OH is 1. The van der Waals surface area contributed by atoms with E-state index in [1.807, 2.05) is 6.92 Å². The Balaban J connectivity index is 1.67. The van der Waals surface area contributed by atoms with E-state index in [9.17, 15) is 14.7 Å². The highest BCUT2D eigenvalue weighted by Crippen LogP contribution is 2.72. The minimum absolute atomic E-state index is 0.0399. The Labute approximate surface area is 193 Å². The van der Waals surface area contributed by atoms with Crippen molar-refractivity contribution in [2.45, 2.75) is 82.4 Å². The normalized spacial score (nSPS) is 51.8. The van der Waals surface area contributed by atoms with Crippen LogP contribution in [-0.4, -0.2) is 71.2 Å².